The number of nitrogens with zero attached hydrogens (tertiary/aromatic N) is 2. The summed E-state index contributed by atoms with van der Waals surface area (Å²) < 4.78 is 40.2. The van der Waals surface area contributed by atoms with E-state index < -0.39 is 11.7 Å². The molecule has 0 bridgehead atoms. The van der Waals surface area contributed by atoms with E-state index in [2.05, 4.69) is 4.98 Å². The number of rotatable bonds is 1. The summed E-state index contributed by atoms with van der Waals surface area (Å²) in [6.45, 7) is 0. The molecular formula is C14H7Cl2F3N2. The van der Waals surface area contributed by atoms with Gasteiger partial charge in [-0.3, -0.25) is 0 Å². The second-order valence-corrected chi connectivity index (χ2v) is 5.22. The first kappa shape index (κ1) is 14.2. The Kier molecular flexibility index (Phi) is 3.34. The zero-order valence-electron chi connectivity index (χ0n) is 10.3. The van der Waals surface area contributed by atoms with Crippen LogP contribution in [0.3, 0.4) is 0 Å². The highest BCUT2D eigenvalue weighted by atomic mass is 35.5. The van der Waals surface area contributed by atoms with Crippen LogP contribution in [0.5, 0.6) is 0 Å². The van der Waals surface area contributed by atoms with Crippen LogP contribution >= 0.6 is 23.2 Å². The van der Waals surface area contributed by atoms with E-state index in [1.165, 1.54) is 22.9 Å². The fourth-order valence-electron chi connectivity index (χ4n) is 2.03. The number of imidazole rings is 1. The molecule has 0 saturated heterocycles. The van der Waals surface area contributed by atoms with Gasteiger partial charge in [-0.2, -0.15) is 13.2 Å². The summed E-state index contributed by atoms with van der Waals surface area (Å²) in [6.07, 6.45) is -1.43. The van der Waals surface area contributed by atoms with Crippen LogP contribution in [0.2, 0.25) is 10.0 Å². The van der Waals surface area contributed by atoms with E-state index in [1.807, 2.05) is 0 Å². The van der Waals surface area contributed by atoms with Crippen molar-refractivity contribution >= 4 is 28.8 Å². The van der Waals surface area contributed by atoms with E-state index in [-0.39, 0.29) is 5.65 Å². The molecule has 0 aliphatic carbocycles. The normalized spacial score (nSPS) is 12.0. The first-order chi connectivity index (χ1) is 9.86. The Morgan fingerprint density at radius 3 is 2.48 bits per heavy atom. The van der Waals surface area contributed by atoms with Gasteiger partial charge in [0.05, 0.1) is 21.3 Å². The van der Waals surface area contributed by atoms with E-state index in [1.54, 1.807) is 18.2 Å². The summed E-state index contributed by atoms with van der Waals surface area (Å²) >= 11 is 11.7. The summed E-state index contributed by atoms with van der Waals surface area (Å²) in [5.74, 6) is 0. The minimum Gasteiger partial charge on any atom is -0.306 e. The molecule has 0 saturated carbocycles. The molecule has 0 spiro atoms. The molecule has 0 atom stereocenters. The SMILES string of the molecule is FC(F)(F)c1cccn2cc(-c3ccc(Cl)c(Cl)c3)nc12. The highest BCUT2D eigenvalue weighted by molar-refractivity contribution is 6.42. The molecule has 7 heteroatoms. The van der Waals surface area contributed by atoms with Crippen LogP contribution in [0.1, 0.15) is 5.56 Å². The molecule has 21 heavy (non-hydrogen) atoms. The molecule has 2 nitrogen and oxygen atoms in total. The largest absolute Gasteiger partial charge is 0.419 e. The van der Waals surface area contributed by atoms with Crippen LogP contribution in [0.4, 0.5) is 13.2 Å². The van der Waals surface area contributed by atoms with Crippen molar-refractivity contribution in [3.05, 3.63) is 58.3 Å². The van der Waals surface area contributed by atoms with Crippen molar-refractivity contribution in [3.8, 4) is 11.3 Å². The van der Waals surface area contributed by atoms with Crippen molar-refractivity contribution in [1.82, 2.24) is 9.38 Å². The van der Waals surface area contributed by atoms with Crippen LogP contribution < -0.4 is 0 Å². The van der Waals surface area contributed by atoms with Crippen molar-refractivity contribution < 1.29 is 13.2 Å². The van der Waals surface area contributed by atoms with Gasteiger partial charge in [-0.05, 0) is 24.3 Å². The minimum absolute atomic E-state index is 0.147. The van der Waals surface area contributed by atoms with Gasteiger partial charge in [-0.1, -0.05) is 29.3 Å². The molecule has 0 aliphatic rings. The fraction of sp³-hybridized carbons (Fsp3) is 0.0714. The first-order valence-corrected chi connectivity index (χ1v) is 6.62. The Bertz CT molecular complexity index is 825. The smallest absolute Gasteiger partial charge is 0.306 e. The van der Waals surface area contributed by atoms with Gasteiger partial charge in [0.1, 0.15) is 5.65 Å². The van der Waals surface area contributed by atoms with E-state index >= 15 is 0 Å². The van der Waals surface area contributed by atoms with Crippen molar-refractivity contribution in [1.29, 1.82) is 0 Å². The van der Waals surface area contributed by atoms with Crippen molar-refractivity contribution in [2.75, 3.05) is 0 Å². The average Bonchev–Trinajstić information content (AvgIpc) is 2.84. The molecule has 2 heterocycles. The van der Waals surface area contributed by atoms with E-state index in [4.69, 9.17) is 23.2 Å². The second kappa shape index (κ2) is 4.93. The lowest BCUT2D eigenvalue weighted by atomic mass is 10.2. The molecule has 1 aromatic carbocycles. The first-order valence-electron chi connectivity index (χ1n) is 5.86. The van der Waals surface area contributed by atoms with Gasteiger partial charge < -0.3 is 4.40 Å². The van der Waals surface area contributed by atoms with Crippen molar-refractivity contribution in [3.63, 3.8) is 0 Å². The molecule has 0 N–H and O–H groups in total. The highest BCUT2D eigenvalue weighted by Crippen LogP contribution is 2.34. The van der Waals surface area contributed by atoms with Crippen LogP contribution in [-0.4, -0.2) is 9.38 Å². The van der Waals surface area contributed by atoms with Crippen LogP contribution in [-0.2, 0) is 6.18 Å². The molecule has 0 fully saturated rings. The van der Waals surface area contributed by atoms with Gasteiger partial charge in [0.2, 0.25) is 0 Å². The summed E-state index contributed by atoms with van der Waals surface area (Å²) in [5, 5.41) is 0.697. The van der Waals surface area contributed by atoms with Crippen LogP contribution in [0.25, 0.3) is 16.9 Å². The standard InChI is InChI=1S/C14H7Cl2F3N2/c15-10-4-3-8(6-11(10)16)12-7-21-5-1-2-9(13(21)20-12)14(17,18)19/h1-7H. The highest BCUT2D eigenvalue weighted by Gasteiger charge is 2.33. The molecule has 0 radical (unpaired) electrons. The number of hydrogen-bond acceptors (Lipinski definition) is 1. The van der Waals surface area contributed by atoms with Crippen molar-refractivity contribution in [2.24, 2.45) is 0 Å². The lowest BCUT2D eigenvalue weighted by molar-refractivity contribution is -0.136. The van der Waals surface area contributed by atoms with E-state index in [9.17, 15) is 13.2 Å². The molecule has 2 aromatic heterocycles. The maximum Gasteiger partial charge on any atom is 0.419 e. The lowest BCUT2D eigenvalue weighted by Crippen LogP contribution is -2.07. The molecule has 0 amide bonds. The number of pyridine rings is 1. The monoisotopic (exact) mass is 330 g/mol. The predicted octanol–water partition coefficient (Wildman–Crippen LogP) is 5.33. The fourth-order valence-corrected chi connectivity index (χ4v) is 2.33. The Morgan fingerprint density at radius 2 is 1.81 bits per heavy atom. The molecule has 0 aliphatic heterocycles. The Hall–Kier alpha value is -1.72. The maximum absolute atomic E-state index is 13.0. The zero-order chi connectivity index (χ0) is 15.2. The van der Waals surface area contributed by atoms with E-state index in [0.29, 0.717) is 21.3 Å². The lowest BCUT2D eigenvalue weighted by Gasteiger charge is -2.06. The van der Waals surface area contributed by atoms with Crippen LogP contribution in [0.15, 0.2) is 42.7 Å². The Balaban J connectivity index is 2.19. The zero-order valence-corrected chi connectivity index (χ0v) is 11.8. The molecule has 108 valence electrons. The topological polar surface area (TPSA) is 17.3 Å². The molecular weight excluding hydrogens is 324 g/mol. The number of benzene rings is 1. The molecule has 3 aromatic rings. The number of fused-ring (bicyclic) bond motifs is 1. The van der Waals surface area contributed by atoms with Gasteiger partial charge >= 0.3 is 6.18 Å². The third-order valence-electron chi connectivity index (χ3n) is 3.00. The maximum atomic E-state index is 13.0. The number of hydrogen-bond donors (Lipinski definition) is 0. The van der Waals surface area contributed by atoms with E-state index in [0.717, 1.165) is 6.07 Å². The summed E-state index contributed by atoms with van der Waals surface area (Å²) in [4.78, 5) is 4.06. The van der Waals surface area contributed by atoms with Crippen LogP contribution in [0, 0.1) is 0 Å². The van der Waals surface area contributed by atoms with Gasteiger partial charge in [-0.25, -0.2) is 4.98 Å². The summed E-state index contributed by atoms with van der Waals surface area (Å²) in [6, 6.07) is 7.13. The molecule has 0 unspecified atom stereocenters. The van der Waals surface area contributed by atoms with Gasteiger partial charge in [0.15, 0.2) is 0 Å². The van der Waals surface area contributed by atoms with Gasteiger partial charge in [0.25, 0.3) is 0 Å². The summed E-state index contributed by atoms with van der Waals surface area (Å²) in [5.41, 5.74) is 0.0638. The van der Waals surface area contributed by atoms with Crippen molar-refractivity contribution in [2.45, 2.75) is 6.18 Å². The number of halogens is 5. The Morgan fingerprint density at radius 1 is 1.05 bits per heavy atom. The molecule has 3 rings (SSSR count). The Labute approximate surface area is 127 Å². The minimum atomic E-state index is -4.46. The second-order valence-electron chi connectivity index (χ2n) is 4.41. The summed E-state index contributed by atoms with van der Waals surface area (Å²) in [7, 11) is 0. The quantitative estimate of drug-likeness (QED) is 0.589. The van der Waals surface area contributed by atoms with Gasteiger partial charge in [0, 0.05) is 18.0 Å². The average molecular weight is 331 g/mol. The predicted molar refractivity (Wildman–Crippen MR) is 75.7 cm³/mol. The number of aromatic nitrogens is 2. The van der Waals surface area contributed by atoms with Gasteiger partial charge in [-0.15, -0.1) is 0 Å². The third-order valence-corrected chi connectivity index (χ3v) is 3.74. The number of alkyl halides is 3. The third kappa shape index (κ3) is 2.59.